The van der Waals surface area contributed by atoms with Gasteiger partial charge in [-0.1, -0.05) is 13.8 Å². The molecule has 118 valence electrons. The zero-order chi connectivity index (χ0) is 15.2. The molecule has 1 saturated heterocycles. The van der Waals surface area contributed by atoms with E-state index in [1.807, 2.05) is 12.4 Å². The first kappa shape index (κ1) is 16.2. The Morgan fingerprint density at radius 2 is 1.90 bits per heavy atom. The van der Waals surface area contributed by atoms with Crippen molar-refractivity contribution < 1.29 is 0 Å². The van der Waals surface area contributed by atoms with Crippen LogP contribution in [0.2, 0.25) is 0 Å². The van der Waals surface area contributed by atoms with E-state index in [-0.39, 0.29) is 0 Å². The normalized spacial score (nSPS) is 17.4. The molecule has 21 heavy (non-hydrogen) atoms. The summed E-state index contributed by atoms with van der Waals surface area (Å²) in [6, 6.07) is 0.561. The Balaban J connectivity index is 1.86. The fourth-order valence-electron chi connectivity index (χ4n) is 2.67. The van der Waals surface area contributed by atoms with Gasteiger partial charge in [0.2, 0.25) is 5.95 Å². The highest BCUT2D eigenvalue weighted by Crippen LogP contribution is 2.18. The number of piperidine rings is 1. The van der Waals surface area contributed by atoms with Gasteiger partial charge in [0.1, 0.15) is 0 Å². The third kappa shape index (κ3) is 4.93. The smallest absolute Gasteiger partial charge is 0.225 e. The summed E-state index contributed by atoms with van der Waals surface area (Å²) in [5.74, 6) is 1.51. The van der Waals surface area contributed by atoms with Gasteiger partial charge in [-0.25, -0.2) is 9.97 Å². The van der Waals surface area contributed by atoms with Gasteiger partial charge in [-0.05, 0) is 45.4 Å². The number of nitrogens with zero attached hydrogens (tertiary/aromatic N) is 4. The molecule has 0 aliphatic carbocycles. The van der Waals surface area contributed by atoms with E-state index in [9.17, 15) is 0 Å². The molecule has 0 bridgehead atoms. The fraction of sp³-hybridized carbons (Fsp3) is 0.750. The molecule has 0 atom stereocenters. The van der Waals surface area contributed by atoms with Crippen molar-refractivity contribution in [2.75, 3.05) is 38.6 Å². The van der Waals surface area contributed by atoms with Gasteiger partial charge in [-0.3, -0.25) is 0 Å². The Morgan fingerprint density at radius 1 is 1.29 bits per heavy atom. The van der Waals surface area contributed by atoms with E-state index in [2.05, 4.69) is 53.0 Å². The van der Waals surface area contributed by atoms with E-state index in [1.165, 1.54) is 12.8 Å². The first-order chi connectivity index (χ1) is 10.1. The highest BCUT2D eigenvalue weighted by Gasteiger charge is 2.22. The summed E-state index contributed by atoms with van der Waals surface area (Å²) in [4.78, 5) is 13.7. The van der Waals surface area contributed by atoms with Crippen molar-refractivity contribution >= 4 is 5.95 Å². The molecule has 0 amide bonds. The molecule has 2 heterocycles. The van der Waals surface area contributed by atoms with Gasteiger partial charge in [0.25, 0.3) is 0 Å². The molecule has 1 aromatic heterocycles. The maximum atomic E-state index is 4.53. The minimum absolute atomic E-state index is 0.561. The van der Waals surface area contributed by atoms with E-state index in [0.29, 0.717) is 12.0 Å². The summed E-state index contributed by atoms with van der Waals surface area (Å²) in [5.41, 5.74) is 1.15. The molecule has 0 saturated carbocycles. The number of anilines is 1. The van der Waals surface area contributed by atoms with E-state index in [4.69, 9.17) is 0 Å². The lowest BCUT2D eigenvalue weighted by Gasteiger charge is -2.35. The molecule has 1 fully saturated rings. The van der Waals surface area contributed by atoms with E-state index >= 15 is 0 Å². The largest absolute Gasteiger partial charge is 0.341 e. The van der Waals surface area contributed by atoms with Crippen molar-refractivity contribution in [1.29, 1.82) is 0 Å². The van der Waals surface area contributed by atoms with Gasteiger partial charge in [-0.2, -0.15) is 0 Å². The van der Waals surface area contributed by atoms with Crippen molar-refractivity contribution in [3.05, 3.63) is 18.0 Å². The maximum absolute atomic E-state index is 4.53. The number of hydrogen-bond donors (Lipinski definition) is 1. The Morgan fingerprint density at radius 3 is 2.48 bits per heavy atom. The highest BCUT2D eigenvalue weighted by molar-refractivity contribution is 5.30. The van der Waals surface area contributed by atoms with Crippen molar-refractivity contribution in [3.8, 4) is 0 Å². The molecule has 1 aliphatic heterocycles. The van der Waals surface area contributed by atoms with Crippen LogP contribution in [0.1, 0.15) is 32.3 Å². The van der Waals surface area contributed by atoms with E-state index < -0.39 is 0 Å². The molecule has 2 rings (SSSR count). The van der Waals surface area contributed by atoms with Crippen LogP contribution in [0, 0.1) is 5.92 Å². The molecule has 1 aromatic rings. The van der Waals surface area contributed by atoms with Gasteiger partial charge in [-0.15, -0.1) is 0 Å². The van der Waals surface area contributed by atoms with Crippen molar-refractivity contribution in [3.63, 3.8) is 0 Å². The average Bonchev–Trinajstić information content (AvgIpc) is 2.48. The Labute approximate surface area is 128 Å². The lowest BCUT2D eigenvalue weighted by Crippen LogP contribution is -2.42. The Bertz CT molecular complexity index is 409. The highest BCUT2D eigenvalue weighted by atomic mass is 15.3. The summed E-state index contributed by atoms with van der Waals surface area (Å²) < 4.78 is 0. The summed E-state index contributed by atoms with van der Waals surface area (Å²) >= 11 is 0. The van der Waals surface area contributed by atoms with Crippen molar-refractivity contribution in [2.45, 2.75) is 39.3 Å². The standard InChI is InChI=1S/C16H29N5/c1-13(2)9-17-10-14-11-18-16(19-12-14)21(4)15-5-7-20(3)8-6-15/h11-13,15,17H,5-10H2,1-4H3. The van der Waals surface area contributed by atoms with Crippen LogP contribution < -0.4 is 10.2 Å². The molecular weight excluding hydrogens is 262 g/mol. The molecule has 0 aromatic carbocycles. The number of rotatable bonds is 6. The van der Waals surface area contributed by atoms with Gasteiger partial charge < -0.3 is 15.1 Å². The van der Waals surface area contributed by atoms with Crippen LogP contribution in [-0.4, -0.2) is 54.6 Å². The molecule has 1 N–H and O–H groups in total. The van der Waals surface area contributed by atoms with Gasteiger partial charge in [0.15, 0.2) is 0 Å². The van der Waals surface area contributed by atoms with Crippen molar-refractivity contribution in [2.24, 2.45) is 5.92 Å². The average molecular weight is 291 g/mol. The topological polar surface area (TPSA) is 44.3 Å². The minimum Gasteiger partial charge on any atom is -0.341 e. The first-order valence-electron chi connectivity index (χ1n) is 7.99. The van der Waals surface area contributed by atoms with Crippen LogP contribution in [-0.2, 0) is 6.54 Å². The fourth-order valence-corrected chi connectivity index (χ4v) is 2.67. The number of nitrogens with one attached hydrogen (secondary N) is 1. The summed E-state index contributed by atoms with van der Waals surface area (Å²) in [5, 5.41) is 3.42. The van der Waals surface area contributed by atoms with Crippen LogP contribution >= 0.6 is 0 Å². The summed E-state index contributed by atoms with van der Waals surface area (Å²) in [6.07, 6.45) is 6.27. The van der Waals surface area contributed by atoms with Gasteiger partial charge >= 0.3 is 0 Å². The molecule has 0 unspecified atom stereocenters. The SMILES string of the molecule is CC(C)CNCc1cnc(N(C)C2CCN(C)CC2)nc1. The van der Waals surface area contributed by atoms with Crippen LogP contribution in [0.4, 0.5) is 5.95 Å². The van der Waals surface area contributed by atoms with E-state index in [1.54, 1.807) is 0 Å². The molecule has 5 heteroatoms. The molecular formula is C16H29N5. The molecule has 0 spiro atoms. The Kier molecular flexibility index (Phi) is 5.94. The van der Waals surface area contributed by atoms with E-state index in [0.717, 1.165) is 37.7 Å². The third-order valence-corrected chi connectivity index (χ3v) is 4.12. The maximum Gasteiger partial charge on any atom is 0.225 e. The van der Waals surface area contributed by atoms with Crippen LogP contribution in [0.3, 0.4) is 0 Å². The summed E-state index contributed by atoms with van der Waals surface area (Å²) in [6.45, 7) is 8.61. The minimum atomic E-state index is 0.561. The first-order valence-corrected chi connectivity index (χ1v) is 7.99. The third-order valence-electron chi connectivity index (χ3n) is 4.12. The number of hydrogen-bond acceptors (Lipinski definition) is 5. The summed E-state index contributed by atoms with van der Waals surface area (Å²) in [7, 11) is 4.30. The second-order valence-corrected chi connectivity index (χ2v) is 6.56. The zero-order valence-corrected chi connectivity index (χ0v) is 13.8. The lowest BCUT2D eigenvalue weighted by atomic mass is 10.0. The zero-order valence-electron chi connectivity index (χ0n) is 13.8. The Hall–Kier alpha value is -1.20. The van der Waals surface area contributed by atoms with Crippen LogP contribution in [0.15, 0.2) is 12.4 Å². The van der Waals surface area contributed by atoms with Crippen molar-refractivity contribution in [1.82, 2.24) is 20.2 Å². The monoisotopic (exact) mass is 291 g/mol. The van der Waals surface area contributed by atoms with Crippen LogP contribution in [0.25, 0.3) is 0 Å². The predicted molar refractivity (Wildman–Crippen MR) is 87.5 cm³/mol. The van der Waals surface area contributed by atoms with Gasteiger partial charge in [0.05, 0.1) is 0 Å². The number of likely N-dealkylation sites (tertiary alicyclic amines) is 1. The number of aromatic nitrogens is 2. The molecule has 0 radical (unpaired) electrons. The second-order valence-electron chi connectivity index (χ2n) is 6.56. The molecule has 5 nitrogen and oxygen atoms in total. The van der Waals surface area contributed by atoms with Gasteiger partial charge in [0, 0.05) is 37.6 Å². The second kappa shape index (κ2) is 7.71. The quantitative estimate of drug-likeness (QED) is 0.865. The predicted octanol–water partition coefficient (Wildman–Crippen LogP) is 1.75. The van der Waals surface area contributed by atoms with Crippen LogP contribution in [0.5, 0.6) is 0 Å². The molecule has 1 aliphatic rings. The lowest BCUT2D eigenvalue weighted by molar-refractivity contribution is 0.252.